The van der Waals surface area contributed by atoms with Crippen molar-refractivity contribution in [3.8, 4) is 5.75 Å². The van der Waals surface area contributed by atoms with Gasteiger partial charge in [-0.25, -0.2) is 0 Å². The molecule has 0 amide bonds. The SMILES string of the molecule is COc1ccc(N(C)C)c(C(C)O)c1. The highest BCUT2D eigenvalue weighted by Gasteiger charge is 2.10. The largest absolute Gasteiger partial charge is 0.497 e. The van der Waals surface area contributed by atoms with Gasteiger partial charge in [0.25, 0.3) is 0 Å². The molecule has 78 valence electrons. The maximum absolute atomic E-state index is 9.59. The van der Waals surface area contributed by atoms with Crippen molar-refractivity contribution in [3.63, 3.8) is 0 Å². The number of nitrogens with zero attached hydrogens (tertiary/aromatic N) is 1. The Morgan fingerprint density at radius 3 is 2.43 bits per heavy atom. The Labute approximate surface area is 84.9 Å². The van der Waals surface area contributed by atoms with Crippen LogP contribution in [0.25, 0.3) is 0 Å². The Bertz CT molecular complexity index is 308. The van der Waals surface area contributed by atoms with Gasteiger partial charge < -0.3 is 14.7 Å². The lowest BCUT2D eigenvalue weighted by Gasteiger charge is -2.19. The molecule has 0 fully saturated rings. The lowest BCUT2D eigenvalue weighted by molar-refractivity contribution is 0.199. The van der Waals surface area contributed by atoms with Gasteiger partial charge in [0.1, 0.15) is 5.75 Å². The molecular formula is C11H17NO2. The quantitative estimate of drug-likeness (QED) is 0.798. The molecule has 0 aliphatic carbocycles. The van der Waals surface area contributed by atoms with E-state index in [0.29, 0.717) is 0 Å². The third-order valence-electron chi connectivity index (χ3n) is 2.17. The van der Waals surface area contributed by atoms with E-state index in [2.05, 4.69) is 0 Å². The van der Waals surface area contributed by atoms with Gasteiger partial charge in [0.05, 0.1) is 13.2 Å². The zero-order chi connectivity index (χ0) is 10.7. The molecule has 1 N–H and O–H groups in total. The molecule has 1 aromatic rings. The zero-order valence-corrected chi connectivity index (χ0v) is 9.11. The topological polar surface area (TPSA) is 32.7 Å². The van der Waals surface area contributed by atoms with E-state index < -0.39 is 6.10 Å². The van der Waals surface area contributed by atoms with Gasteiger partial charge in [0.15, 0.2) is 0 Å². The van der Waals surface area contributed by atoms with Crippen LogP contribution in [0, 0.1) is 0 Å². The standard InChI is InChI=1S/C11H17NO2/c1-8(13)10-7-9(14-4)5-6-11(10)12(2)3/h5-8,13H,1-4H3. The number of hydrogen-bond donors (Lipinski definition) is 1. The minimum atomic E-state index is -0.484. The van der Waals surface area contributed by atoms with Crippen LogP contribution in [-0.2, 0) is 0 Å². The van der Waals surface area contributed by atoms with Crippen molar-refractivity contribution < 1.29 is 9.84 Å². The summed E-state index contributed by atoms with van der Waals surface area (Å²) in [4.78, 5) is 1.97. The van der Waals surface area contributed by atoms with Crippen molar-refractivity contribution >= 4 is 5.69 Å². The Morgan fingerprint density at radius 1 is 1.36 bits per heavy atom. The number of aliphatic hydroxyl groups is 1. The predicted molar refractivity (Wildman–Crippen MR) is 58.0 cm³/mol. The first-order chi connectivity index (χ1) is 6.56. The number of methoxy groups -OCH3 is 1. The molecular weight excluding hydrogens is 178 g/mol. The molecule has 0 spiro atoms. The fourth-order valence-corrected chi connectivity index (χ4v) is 1.40. The van der Waals surface area contributed by atoms with E-state index in [0.717, 1.165) is 17.0 Å². The van der Waals surface area contributed by atoms with Crippen molar-refractivity contribution in [2.75, 3.05) is 26.1 Å². The number of hydrogen-bond acceptors (Lipinski definition) is 3. The van der Waals surface area contributed by atoms with Crippen molar-refractivity contribution in [1.29, 1.82) is 0 Å². The van der Waals surface area contributed by atoms with Crippen LogP contribution in [0.1, 0.15) is 18.6 Å². The molecule has 1 rings (SSSR count). The summed E-state index contributed by atoms with van der Waals surface area (Å²) in [7, 11) is 5.53. The molecule has 0 aliphatic heterocycles. The van der Waals surface area contributed by atoms with E-state index >= 15 is 0 Å². The Kier molecular flexibility index (Phi) is 3.36. The molecule has 0 aromatic heterocycles. The number of rotatable bonds is 3. The van der Waals surface area contributed by atoms with Crippen LogP contribution >= 0.6 is 0 Å². The molecule has 0 bridgehead atoms. The van der Waals surface area contributed by atoms with Crippen LogP contribution in [0.2, 0.25) is 0 Å². The zero-order valence-electron chi connectivity index (χ0n) is 9.11. The van der Waals surface area contributed by atoms with Gasteiger partial charge in [0.2, 0.25) is 0 Å². The lowest BCUT2D eigenvalue weighted by atomic mass is 10.1. The van der Waals surface area contributed by atoms with E-state index in [9.17, 15) is 5.11 Å². The predicted octanol–water partition coefficient (Wildman–Crippen LogP) is 1.81. The lowest BCUT2D eigenvalue weighted by Crippen LogP contribution is -2.12. The minimum Gasteiger partial charge on any atom is -0.497 e. The van der Waals surface area contributed by atoms with Crippen molar-refractivity contribution in [3.05, 3.63) is 23.8 Å². The number of ether oxygens (including phenoxy) is 1. The summed E-state index contributed by atoms with van der Waals surface area (Å²) in [5, 5.41) is 9.59. The summed E-state index contributed by atoms with van der Waals surface area (Å²) in [5.41, 5.74) is 1.90. The van der Waals surface area contributed by atoms with Gasteiger partial charge in [-0.05, 0) is 25.1 Å². The highest BCUT2D eigenvalue weighted by Crippen LogP contribution is 2.28. The highest BCUT2D eigenvalue weighted by molar-refractivity contribution is 5.56. The number of aliphatic hydroxyl groups excluding tert-OH is 1. The Balaban J connectivity index is 3.17. The Hall–Kier alpha value is -1.22. The van der Waals surface area contributed by atoms with Crippen LogP contribution in [0.3, 0.4) is 0 Å². The minimum absolute atomic E-state index is 0.484. The van der Waals surface area contributed by atoms with Gasteiger partial charge in [-0.2, -0.15) is 0 Å². The molecule has 14 heavy (non-hydrogen) atoms. The van der Waals surface area contributed by atoms with Gasteiger partial charge in [0, 0.05) is 25.3 Å². The molecule has 0 heterocycles. The number of benzene rings is 1. The first-order valence-corrected chi connectivity index (χ1v) is 4.59. The summed E-state index contributed by atoms with van der Waals surface area (Å²) in [6.07, 6.45) is -0.484. The average molecular weight is 195 g/mol. The first-order valence-electron chi connectivity index (χ1n) is 4.59. The second-order valence-corrected chi connectivity index (χ2v) is 3.50. The maximum Gasteiger partial charge on any atom is 0.119 e. The monoisotopic (exact) mass is 195 g/mol. The van der Waals surface area contributed by atoms with Crippen LogP contribution in [0.4, 0.5) is 5.69 Å². The molecule has 3 nitrogen and oxygen atoms in total. The average Bonchev–Trinajstić information content (AvgIpc) is 2.16. The molecule has 0 saturated carbocycles. The summed E-state index contributed by atoms with van der Waals surface area (Å²) >= 11 is 0. The maximum atomic E-state index is 9.59. The van der Waals surface area contributed by atoms with E-state index in [-0.39, 0.29) is 0 Å². The summed E-state index contributed by atoms with van der Waals surface area (Å²) in [6.45, 7) is 1.75. The van der Waals surface area contributed by atoms with Crippen LogP contribution < -0.4 is 9.64 Å². The molecule has 1 unspecified atom stereocenters. The molecule has 0 radical (unpaired) electrons. The van der Waals surface area contributed by atoms with E-state index in [4.69, 9.17) is 4.74 Å². The molecule has 0 saturated heterocycles. The second-order valence-electron chi connectivity index (χ2n) is 3.50. The second kappa shape index (κ2) is 4.33. The van der Waals surface area contributed by atoms with E-state index in [1.54, 1.807) is 14.0 Å². The first kappa shape index (κ1) is 10.9. The van der Waals surface area contributed by atoms with Crippen molar-refractivity contribution in [2.24, 2.45) is 0 Å². The smallest absolute Gasteiger partial charge is 0.119 e. The molecule has 1 atom stereocenters. The highest BCUT2D eigenvalue weighted by atomic mass is 16.5. The molecule has 3 heteroatoms. The normalized spacial score (nSPS) is 12.4. The summed E-state index contributed by atoms with van der Waals surface area (Å²) < 4.78 is 5.11. The van der Waals surface area contributed by atoms with Gasteiger partial charge >= 0.3 is 0 Å². The molecule has 0 aliphatic rings. The van der Waals surface area contributed by atoms with Crippen LogP contribution in [-0.4, -0.2) is 26.3 Å². The van der Waals surface area contributed by atoms with E-state index in [1.165, 1.54) is 0 Å². The van der Waals surface area contributed by atoms with Gasteiger partial charge in [-0.15, -0.1) is 0 Å². The number of anilines is 1. The molecule has 1 aromatic carbocycles. The summed E-state index contributed by atoms with van der Waals surface area (Å²) in [6, 6.07) is 5.70. The van der Waals surface area contributed by atoms with Crippen molar-refractivity contribution in [1.82, 2.24) is 0 Å². The third kappa shape index (κ3) is 2.17. The van der Waals surface area contributed by atoms with Crippen molar-refractivity contribution in [2.45, 2.75) is 13.0 Å². The Morgan fingerprint density at radius 2 is 2.00 bits per heavy atom. The fraction of sp³-hybridized carbons (Fsp3) is 0.455. The van der Waals surface area contributed by atoms with Crippen LogP contribution in [0.15, 0.2) is 18.2 Å². The van der Waals surface area contributed by atoms with E-state index in [1.807, 2.05) is 37.2 Å². The van der Waals surface area contributed by atoms with Gasteiger partial charge in [-0.3, -0.25) is 0 Å². The van der Waals surface area contributed by atoms with Crippen LogP contribution in [0.5, 0.6) is 5.75 Å². The third-order valence-corrected chi connectivity index (χ3v) is 2.17. The fourth-order valence-electron chi connectivity index (χ4n) is 1.40. The van der Waals surface area contributed by atoms with Gasteiger partial charge in [-0.1, -0.05) is 0 Å². The summed E-state index contributed by atoms with van der Waals surface area (Å²) in [5.74, 6) is 0.770.